The first-order valence-corrected chi connectivity index (χ1v) is 10.9. The third-order valence-electron chi connectivity index (χ3n) is 6.08. The lowest BCUT2D eigenvalue weighted by Crippen LogP contribution is -2.46. The molecule has 8 heteroatoms. The van der Waals surface area contributed by atoms with Gasteiger partial charge in [0.1, 0.15) is 0 Å². The number of nitrogens with zero attached hydrogens (tertiary/aromatic N) is 3. The van der Waals surface area contributed by atoms with E-state index in [4.69, 9.17) is 9.47 Å². The second-order valence-corrected chi connectivity index (χ2v) is 8.19. The van der Waals surface area contributed by atoms with E-state index in [1.807, 2.05) is 30.3 Å². The topological polar surface area (TPSA) is 84.0 Å². The number of carbonyl (C=O) groups is 2. The molecule has 1 N–H and O–H groups in total. The number of pyridine rings is 1. The van der Waals surface area contributed by atoms with Crippen molar-refractivity contribution >= 4 is 23.2 Å². The number of hydrogen-bond donors (Lipinski definition) is 1. The molecule has 1 atom stereocenters. The van der Waals surface area contributed by atoms with Gasteiger partial charge in [-0.1, -0.05) is 30.3 Å². The van der Waals surface area contributed by atoms with Gasteiger partial charge in [-0.15, -0.1) is 0 Å². The molecule has 0 spiro atoms. The SMILES string of the molecule is O=C(Nc1ccc(C2=CCN(C(=O)C3COCCO3)CC2)nc1)N1Cc2ccccc2C1. The molecular formula is C24H26N4O4. The highest BCUT2D eigenvalue weighted by molar-refractivity contribution is 5.89. The molecule has 1 unspecified atom stereocenters. The fraction of sp³-hybridized carbons (Fsp3) is 0.375. The number of benzene rings is 1. The summed E-state index contributed by atoms with van der Waals surface area (Å²) in [7, 11) is 0. The zero-order valence-electron chi connectivity index (χ0n) is 17.8. The predicted octanol–water partition coefficient (Wildman–Crippen LogP) is 2.66. The van der Waals surface area contributed by atoms with Crippen LogP contribution in [0.4, 0.5) is 10.5 Å². The highest BCUT2D eigenvalue weighted by Gasteiger charge is 2.29. The van der Waals surface area contributed by atoms with Crippen LogP contribution in [0.5, 0.6) is 0 Å². The number of rotatable bonds is 3. The number of urea groups is 1. The molecule has 1 saturated heterocycles. The molecule has 32 heavy (non-hydrogen) atoms. The Morgan fingerprint density at radius 2 is 1.84 bits per heavy atom. The molecule has 4 heterocycles. The van der Waals surface area contributed by atoms with Crippen molar-refractivity contribution in [2.45, 2.75) is 25.6 Å². The van der Waals surface area contributed by atoms with E-state index in [-0.39, 0.29) is 11.9 Å². The molecule has 1 aromatic carbocycles. The van der Waals surface area contributed by atoms with Crippen molar-refractivity contribution in [2.24, 2.45) is 0 Å². The standard InChI is InChI=1S/C24H26N4O4/c29-23(22-16-31-11-12-32-22)27-9-7-17(8-10-27)21-6-5-20(13-25-21)26-24(30)28-14-18-3-1-2-4-19(18)15-28/h1-7,13,22H,8-12,14-16H2,(H,26,30). The first kappa shape index (κ1) is 20.7. The van der Waals surface area contributed by atoms with E-state index in [1.165, 1.54) is 11.1 Å². The van der Waals surface area contributed by atoms with E-state index in [9.17, 15) is 9.59 Å². The summed E-state index contributed by atoms with van der Waals surface area (Å²) in [4.78, 5) is 33.3. The van der Waals surface area contributed by atoms with Crippen LogP contribution in [0.3, 0.4) is 0 Å². The van der Waals surface area contributed by atoms with Gasteiger partial charge in [-0.25, -0.2) is 4.79 Å². The second kappa shape index (κ2) is 9.10. The van der Waals surface area contributed by atoms with Gasteiger partial charge in [0.2, 0.25) is 0 Å². The molecule has 1 fully saturated rings. The van der Waals surface area contributed by atoms with Crippen LogP contribution in [0.15, 0.2) is 48.7 Å². The molecule has 3 aliphatic rings. The Labute approximate surface area is 186 Å². The Hall–Kier alpha value is -3.23. The highest BCUT2D eigenvalue weighted by Crippen LogP contribution is 2.25. The third-order valence-corrected chi connectivity index (χ3v) is 6.08. The van der Waals surface area contributed by atoms with Gasteiger partial charge in [-0.2, -0.15) is 0 Å². The lowest BCUT2D eigenvalue weighted by Gasteiger charge is -2.31. The van der Waals surface area contributed by atoms with Crippen molar-refractivity contribution in [3.8, 4) is 0 Å². The Balaban J connectivity index is 1.16. The average Bonchev–Trinajstić information content (AvgIpc) is 3.29. The van der Waals surface area contributed by atoms with Crippen LogP contribution < -0.4 is 5.32 Å². The highest BCUT2D eigenvalue weighted by atomic mass is 16.6. The summed E-state index contributed by atoms with van der Waals surface area (Å²) in [6.45, 7) is 3.72. The maximum Gasteiger partial charge on any atom is 0.322 e. The van der Waals surface area contributed by atoms with Gasteiger partial charge >= 0.3 is 6.03 Å². The van der Waals surface area contributed by atoms with Crippen LogP contribution in [-0.2, 0) is 27.4 Å². The van der Waals surface area contributed by atoms with Crippen molar-refractivity contribution in [2.75, 3.05) is 38.2 Å². The summed E-state index contributed by atoms with van der Waals surface area (Å²) in [5, 5.41) is 2.93. The quantitative estimate of drug-likeness (QED) is 0.803. The second-order valence-electron chi connectivity index (χ2n) is 8.19. The van der Waals surface area contributed by atoms with Crippen LogP contribution in [0.1, 0.15) is 23.2 Å². The monoisotopic (exact) mass is 434 g/mol. The summed E-state index contributed by atoms with van der Waals surface area (Å²) in [6, 6.07) is 11.8. The molecule has 1 aromatic heterocycles. The Bertz CT molecular complexity index is 1010. The molecule has 0 radical (unpaired) electrons. The van der Waals surface area contributed by atoms with Gasteiger partial charge in [0.25, 0.3) is 5.91 Å². The summed E-state index contributed by atoms with van der Waals surface area (Å²) in [6.07, 6.45) is 3.95. The normalized spacial score (nSPS) is 20.5. The number of aromatic nitrogens is 1. The van der Waals surface area contributed by atoms with Gasteiger partial charge < -0.3 is 24.6 Å². The minimum absolute atomic E-state index is 0.0184. The number of carbonyl (C=O) groups excluding carboxylic acids is 2. The predicted molar refractivity (Wildman–Crippen MR) is 119 cm³/mol. The number of nitrogens with one attached hydrogen (secondary N) is 1. The number of anilines is 1. The maximum absolute atomic E-state index is 12.6. The largest absolute Gasteiger partial charge is 0.376 e. The van der Waals surface area contributed by atoms with Gasteiger partial charge in [0.05, 0.1) is 37.4 Å². The molecule has 3 aliphatic heterocycles. The summed E-state index contributed by atoms with van der Waals surface area (Å²) < 4.78 is 10.9. The first-order valence-electron chi connectivity index (χ1n) is 10.9. The third kappa shape index (κ3) is 4.37. The van der Waals surface area contributed by atoms with Crippen molar-refractivity contribution < 1.29 is 19.1 Å². The lowest BCUT2D eigenvalue weighted by atomic mass is 10.0. The van der Waals surface area contributed by atoms with Crippen molar-refractivity contribution in [1.82, 2.24) is 14.8 Å². The van der Waals surface area contributed by atoms with Crippen LogP contribution >= 0.6 is 0 Å². The number of amides is 3. The molecular weight excluding hydrogens is 408 g/mol. The Morgan fingerprint density at radius 3 is 2.47 bits per heavy atom. The molecule has 0 bridgehead atoms. The Kier molecular flexibility index (Phi) is 5.87. The van der Waals surface area contributed by atoms with Gasteiger partial charge in [-0.3, -0.25) is 9.78 Å². The molecule has 0 saturated carbocycles. The summed E-state index contributed by atoms with van der Waals surface area (Å²) in [5.74, 6) is -0.0184. The van der Waals surface area contributed by atoms with Crippen LogP contribution in [0, 0.1) is 0 Å². The van der Waals surface area contributed by atoms with Crippen molar-refractivity contribution in [1.29, 1.82) is 0 Å². The number of ether oxygens (including phenoxy) is 2. The molecule has 0 aliphatic carbocycles. The fourth-order valence-corrected chi connectivity index (χ4v) is 4.27. The molecule has 8 nitrogen and oxygen atoms in total. The minimum Gasteiger partial charge on any atom is -0.376 e. The molecule has 3 amide bonds. The average molecular weight is 434 g/mol. The maximum atomic E-state index is 12.6. The lowest BCUT2D eigenvalue weighted by molar-refractivity contribution is -0.157. The first-order chi connectivity index (χ1) is 15.7. The number of hydrogen-bond acceptors (Lipinski definition) is 5. The molecule has 5 rings (SSSR count). The van der Waals surface area contributed by atoms with Crippen molar-refractivity contribution in [3.63, 3.8) is 0 Å². The van der Waals surface area contributed by atoms with E-state index < -0.39 is 6.10 Å². The van der Waals surface area contributed by atoms with Crippen LogP contribution in [-0.4, -0.2) is 65.7 Å². The van der Waals surface area contributed by atoms with Gasteiger partial charge in [0.15, 0.2) is 6.10 Å². The van der Waals surface area contributed by atoms with Crippen molar-refractivity contribution in [3.05, 3.63) is 65.5 Å². The molecule has 2 aromatic rings. The number of fused-ring (bicyclic) bond motifs is 1. The Morgan fingerprint density at radius 1 is 1.03 bits per heavy atom. The van der Waals surface area contributed by atoms with Gasteiger partial charge in [0, 0.05) is 26.2 Å². The fourth-order valence-electron chi connectivity index (χ4n) is 4.27. The van der Waals surface area contributed by atoms with Crippen LogP contribution in [0.2, 0.25) is 0 Å². The molecule has 166 valence electrons. The summed E-state index contributed by atoms with van der Waals surface area (Å²) in [5.41, 5.74) is 5.01. The summed E-state index contributed by atoms with van der Waals surface area (Å²) >= 11 is 0. The zero-order valence-corrected chi connectivity index (χ0v) is 17.8. The van der Waals surface area contributed by atoms with E-state index in [2.05, 4.69) is 22.4 Å². The van der Waals surface area contributed by atoms with E-state index >= 15 is 0 Å². The smallest absolute Gasteiger partial charge is 0.322 e. The van der Waals surface area contributed by atoms with Gasteiger partial charge in [-0.05, 0) is 35.3 Å². The van der Waals surface area contributed by atoms with Crippen LogP contribution in [0.25, 0.3) is 5.57 Å². The minimum atomic E-state index is -0.497. The van der Waals surface area contributed by atoms with E-state index in [1.54, 1.807) is 16.0 Å². The van der Waals surface area contributed by atoms with E-state index in [0.717, 1.165) is 17.7 Å². The zero-order chi connectivity index (χ0) is 21.9. The van der Waals surface area contributed by atoms with E-state index in [0.29, 0.717) is 51.7 Å².